The molecule has 0 heterocycles. The molecule has 2 rings (SSSR count). The average Bonchev–Trinajstić information content (AvgIpc) is 2.33. The summed E-state index contributed by atoms with van der Waals surface area (Å²) >= 11 is 0. The summed E-state index contributed by atoms with van der Waals surface area (Å²) in [7, 11) is 0. The van der Waals surface area contributed by atoms with Crippen LogP contribution in [0.5, 0.6) is 0 Å². The van der Waals surface area contributed by atoms with Crippen LogP contribution in [0.1, 0.15) is 23.6 Å². The Morgan fingerprint density at radius 1 is 0.875 bits per heavy atom. The minimum Gasteiger partial charge on any atom is -0.207 e. The van der Waals surface area contributed by atoms with Crippen LogP contribution in [0.25, 0.3) is 0 Å². The standard InChI is InChI=1S/C15H14F/c1-2-12-3-5-13(6-4-12)11-14-7-9-15(16)10-8-14/h3-11H,2H2,1H3. The Bertz CT molecular complexity index is 440. The summed E-state index contributed by atoms with van der Waals surface area (Å²) < 4.78 is 12.7. The molecule has 0 saturated heterocycles. The van der Waals surface area contributed by atoms with Gasteiger partial charge in [-0.05, 0) is 35.2 Å². The van der Waals surface area contributed by atoms with Crippen LogP contribution < -0.4 is 0 Å². The molecule has 0 aliphatic carbocycles. The van der Waals surface area contributed by atoms with Gasteiger partial charge in [0.25, 0.3) is 0 Å². The molecule has 1 radical (unpaired) electrons. The zero-order valence-corrected chi connectivity index (χ0v) is 9.28. The number of hydrogen-bond acceptors (Lipinski definition) is 0. The maximum absolute atomic E-state index is 12.7. The maximum Gasteiger partial charge on any atom is 0.123 e. The lowest BCUT2D eigenvalue weighted by Gasteiger charge is -2.02. The highest BCUT2D eigenvalue weighted by atomic mass is 19.1. The lowest BCUT2D eigenvalue weighted by atomic mass is 10.0. The van der Waals surface area contributed by atoms with Crippen molar-refractivity contribution in [2.75, 3.05) is 0 Å². The first-order valence-corrected chi connectivity index (χ1v) is 5.47. The zero-order valence-electron chi connectivity index (χ0n) is 9.28. The Morgan fingerprint density at radius 2 is 1.38 bits per heavy atom. The van der Waals surface area contributed by atoms with E-state index >= 15 is 0 Å². The quantitative estimate of drug-likeness (QED) is 0.723. The van der Waals surface area contributed by atoms with Crippen LogP contribution in [0, 0.1) is 12.2 Å². The summed E-state index contributed by atoms with van der Waals surface area (Å²) in [6, 6.07) is 14.9. The van der Waals surface area contributed by atoms with Gasteiger partial charge >= 0.3 is 0 Å². The Balaban J connectivity index is 2.11. The van der Waals surface area contributed by atoms with E-state index in [1.807, 2.05) is 6.42 Å². The number of benzene rings is 2. The molecule has 2 aromatic rings. The summed E-state index contributed by atoms with van der Waals surface area (Å²) in [5.74, 6) is -0.196. The number of halogens is 1. The van der Waals surface area contributed by atoms with Gasteiger partial charge in [0.1, 0.15) is 5.82 Å². The normalized spacial score (nSPS) is 10.4. The molecule has 0 aliphatic rings. The van der Waals surface area contributed by atoms with E-state index < -0.39 is 0 Å². The molecule has 0 aromatic heterocycles. The van der Waals surface area contributed by atoms with Crippen molar-refractivity contribution in [3.05, 3.63) is 77.5 Å². The van der Waals surface area contributed by atoms with E-state index in [0.29, 0.717) is 0 Å². The molecule has 0 spiro atoms. The molecule has 16 heavy (non-hydrogen) atoms. The molecule has 1 heteroatoms. The van der Waals surface area contributed by atoms with E-state index in [1.54, 1.807) is 12.1 Å². The van der Waals surface area contributed by atoms with E-state index in [0.717, 1.165) is 17.5 Å². The van der Waals surface area contributed by atoms with Crippen LogP contribution >= 0.6 is 0 Å². The number of aryl methyl sites for hydroxylation is 1. The first-order chi connectivity index (χ1) is 7.78. The summed E-state index contributed by atoms with van der Waals surface area (Å²) in [5.41, 5.74) is 3.49. The van der Waals surface area contributed by atoms with E-state index in [4.69, 9.17) is 0 Å². The average molecular weight is 213 g/mol. The molecule has 0 atom stereocenters. The van der Waals surface area contributed by atoms with Crippen molar-refractivity contribution in [1.82, 2.24) is 0 Å². The number of hydrogen-bond donors (Lipinski definition) is 0. The fraction of sp³-hybridized carbons (Fsp3) is 0.133. The van der Waals surface area contributed by atoms with Gasteiger partial charge in [0.15, 0.2) is 0 Å². The van der Waals surface area contributed by atoms with Crippen molar-refractivity contribution in [3.63, 3.8) is 0 Å². The zero-order chi connectivity index (χ0) is 11.4. The second-order valence-electron chi connectivity index (χ2n) is 3.79. The predicted molar refractivity (Wildman–Crippen MR) is 64.7 cm³/mol. The van der Waals surface area contributed by atoms with Crippen LogP contribution in [0.3, 0.4) is 0 Å². The molecule has 0 amide bonds. The molecule has 81 valence electrons. The molecule has 0 nitrogen and oxygen atoms in total. The van der Waals surface area contributed by atoms with Crippen molar-refractivity contribution < 1.29 is 4.39 Å². The third-order valence-corrected chi connectivity index (χ3v) is 2.59. The topological polar surface area (TPSA) is 0 Å². The van der Waals surface area contributed by atoms with Gasteiger partial charge in [0, 0.05) is 6.42 Å². The molecule has 2 aromatic carbocycles. The van der Waals surface area contributed by atoms with Crippen LogP contribution in [-0.4, -0.2) is 0 Å². The van der Waals surface area contributed by atoms with Crippen molar-refractivity contribution in [2.24, 2.45) is 0 Å². The van der Waals surface area contributed by atoms with E-state index in [9.17, 15) is 4.39 Å². The highest BCUT2D eigenvalue weighted by Gasteiger charge is 1.97. The summed E-state index contributed by atoms with van der Waals surface area (Å²) in [4.78, 5) is 0. The second-order valence-corrected chi connectivity index (χ2v) is 3.79. The molecule has 0 bridgehead atoms. The van der Waals surface area contributed by atoms with Crippen LogP contribution in [0.15, 0.2) is 48.5 Å². The highest BCUT2D eigenvalue weighted by molar-refractivity contribution is 5.38. The monoisotopic (exact) mass is 213 g/mol. The first-order valence-electron chi connectivity index (χ1n) is 5.47. The molecule has 0 N–H and O–H groups in total. The Labute approximate surface area is 95.7 Å². The number of rotatable bonds is 3. The molecular formula is C15H14F. The van der Waals surface area contributed by atoms with Gasteiger partial charge in [-0.3, -0.25) is 0 Å². The van der Waals surface area contributed by atoms with Crippen molar-refractivity contribution in [2.45, 2.75) is 13.3 Å². The Hall–Kier alpha value is -1.63. The SMILES string of the molecule is CCc1ccc([CH]c2ccc(F)cc2)cc1. The van der Waals surface area contributed by atoms with Gasteiger partial charge in [-0.15, -0.1) is 0 Å². The van der Waals surface area contributed by atoms with E-state index in [2.05, 4.69) is 31.2 Å². The van der Waals surface area contributed by atoms with E-state index in [-0.39, 0.29) is 5.82 Å². The lowest BCUT2D eigenvalue weighted by Crippen LogP contribution is -1.87. The summed E-state index contributed by atoms with van der Waals surface area (Å²) in [5, 5.41) is 0. The van der Waals surface area contributed by atoms with Crippen LogP contribution in [-0.2, 0) is 6.42 Å². The molecule has 0 aliphatic heterocycles. The predicted octanol–water partition coefficient (Wildman–Crippen LogP) is 3.99. The third-order valence-electron chi connectivity index (χ3n) is 2.59. The van der Waals surface area contributed by atoms with Gasteiger partial charge in [-0.1, -0.05) is 43.3 Å². The molecule has 0 fully saturated rings. The maximum atomic E-state index is 12.7. The lowest BCUT2D eigenvalue weighted by molar-refractivity contribution is 0.627. The van der Waals surface area contributed by atoms with Gasteiger partial charge in [0.05, 0.1) is 0 Å². The van der Waals surface area contributed by atoms with Gasteiger partial charge in [-0.2, -0.15) is 0 Å². The minimum atomic E-state index is -0.196. The largest absolute Gasteiger partial charge is 0.207 e. The molecule has 0 saturated carbocycles. The van der Waals surface area contributed by atoms with Crippen LogP contribution in [0.4, 0.5) is 4.39 Å². The van der Waals surface area contributed by atoms with Gasteiger partial charge in [0.2, 0.25) is 0 Å². The summed E-state index contributed by atoms with van der Waals surface area (Å²) in [6.45, 7) is 2.14. The van der Waals surface area contributed by atoms with Gasteiger partial charge in [-0.25, -0.2) is 4.39 Å². The second kappa shape index (κ2) is 4.93. The van der Waals surface area contributed by atoms with E-state index in [1.165, 1.54) is 17.7 Å². The fourth-order valence-electron chi connectivity index (χ4n) is 1.60. The highest BCUT2D eigenvalue weighted by Crippen LogP contribution is 2.13. The van der Waals surface area contributed by atoms with Crippen molar-refractivity contribution in [1.29, 1.82) is 0 Å². The first kappa shape index (κ1) is 10.9. The van der Waals surface area contributed by atoms with Crippen molar-refractivity contribution in [3.8, 4) is 0 Å². The Kier molecular flexibility index (Phi) is 3.35. The molecule has 0 unspecified atom stereocenters. The molecular weight excluding hydrogens is 199 g/mol. The summed E-state index contributed by atoms with van der Waals surface area (Å²) in [6.07, 6.45) is 3.09. The smallest absolute Gasteiger partial charge is 0.123 e. The fourth-order valence-corrected chi connectivity index (χ4v) is 1.60. The third kappa shape index (κ3) is 2.69. The van der Waals surface area contributed by atoms with Crippen molar-refractivity contribution >= 4 is 0 Å². The minimum absolute atomic E-state index is 0.196. The van der Waals surface area contributed by atoms with Crippen LogP contribution in [0.2, 0.25) is 0 Å². The Morgan fingerprint density at radius 3 is 1.88 bits per heavy atom. The van der Waals surface area contributed by atoms with Gasteiger partial charge < -0.3 is 0 Å².